The van der Waals surface area contributed by atoms with Crippen LogP contribution in [0.25, 0.3) is 0 Å². The number of aromatic nitrogens is 1. The van der Waals surface area contributed by atoms with Gasteiger partial charge in [-0.25, -0.2) is 4.98 Å². The van der Waals surface area contributed by atoms with Crippen molar-refractivity contribution < 1.29 is 9.53 Å². The molecule has 1 aliphatic heterocycles. The van der Waals surface area contributed by atoms with Crippen LogP contribution in [0.5, 0.6) is 5.75 Å². The lowest BCUT2D eigenvalue weighted by atomic mass is 10.2. The van der Waals surface area contributed by atoms with Crippen molar-refractivity contribution in [3.63, 3.8) is 0 Å². The van der Waals surface area contributed by atoms with Crippen LogP contribution in [-0.2, 0) is 0 Å². The van der Waals surface area contributed by atoms with E-state index in [1.165, 1.54) is 0 Å². The number of amides is 1. The van der Waals surface area contributed by atoms with Gasteiger partial charge >= 0.3 is 0 Å². The second-order valence-electron chi connectivity index (χ2n) is 6.02. The van der Waals surface area contributed by atoms with E-state index in [9.17, 15) is 4.79 Å². The zero-order chi connectivity index (χ0) is 17.2. The number of carbonyl (C=O) groups excluding carboxylic acids is 1. The molecule has 1 aromatic carbocycles. The molecule has 5 nitrogen and oxygen atoms in total. The molecule has 0 bridgehead atoms. The first-order valence-corrected chi connectivity index (χ1v) is 8.57. The van der Waals surface area contributed by atoms with E-state index in [-0.39, 0.29) is 11.1 Å². The van der Waals surface area contributed by atoms with Crippen LogP contribution in [0.15, 0.2) is 30.3 Å². The van der Waals surface area contributed by atoms with Crippen molar-refractivity contribution in [1.82, 2.24) is 4.98 Å². The number of hydrogen-bond donors (Lipinski definition) is 2. The third kappa shape index (κ3) is 3.70. The molecule has 6 heteroatoms. The van der Waals surface area contributed by atoms with Crippen LogP contribution in [0.1, 0.15) is 28.9 Å². The molecule has 1 amide bonds. The highest BCUT2D eigenvalue weighted by Gasteiger charge is 2.18. The van der Waals surface area contributed by atoms with E-state index < -0.39 is 0 Å². The first-order chi connectivity index (χ1) is 12.2. The fourth-order valence-corrected chi connectivity index (χ4v) is 2.73. The largest absolute Gasteiger partial charge is 0.490 e. The molecular formula is C19H16ClN3O2. The molecule has 1 aromatic heterocycles. The highest BCUT2D eigenvalue weighted by atomic mass is 35.5. The van der Waals surface area contributed by atoms with Crippen molar-refractivity contribution in [2.75, 3.05) is 23.8 Å². The van der Waals surface area contributed by atoms with Gasteiger partial charge in [-0.15, -0.1) is 0 Å². The van der Waals surface area contributed by atoms with Crippen LogP contribution in [-0.4, -0.2) is 24.0 Å². The molecule has 0 atom stereocenters. The van der Waals surface area contributed by atoms with Crippen molar-refractivity contribution in [3.8, 4) is 17.6 Å². The minimum absolute atomic E-state index is 0.149. The summed E-state index contributed by atoms with van der Waals surface area (Å²) in [7, 11) is 0. The van der Waals surface area contributed by atoms with Crippen LogP contribution >= 0.6 is 11.6 Å². The van der Waals surface area contributed by atoms with E-state index >= 15 is 0 Å². The van der Waals surface area contributed by atoms with Gasteiger partial charge < -0.3 is 15.4 Å². The zero-order valence-electron chi connectivity index (χ0n) is 13.4. The maximum absolute atomic E-state index is 12.5. The molecule has 1 aliphatic carbocycles. The number of pyridine rings is 1. The molecule has 0 unspecified atom stereocenters. The highest BCUT2D eigenvalue weighted by molar-refractivity contribution is 6.33. The van der Waals surface area contributed by atoms with Gasteiger partial charge in [0.15, 0.2) is 0 Å². The average molecular weight is 354 g/mol. The second kappa shape index (κ2) is 6.66. The number of nitrogens with one attached hydrogen (secondary N) is 2. The minimum Gasteiger partial charge on any atom is -0.490 e. The number of carbonyl (C=O) groups is 1. The molecule has 0 saturated heterocycles. The Bertz CT molecular complexity index is 897. The van der Waals surface area contributed by atoms with E-state index in [0.29, 0.717) is 29.5 Å². The van der Waals surface area contributed by atoms with Crippen LogP contribution in [0.3, 0.4) is 0 Å². The predicted octanol–water partition coefficient (Wildman–Crippen LogP) is 3.55. The average Bonchev–Trinajstić information content (AvgIpc) is 3.44. The first-order valence-electron chi connectivity index (χ1n) is 8.19. The van der Waals surface area contributed by atoms with Crippen molar-refractivity contribution in [2.45, 2.75) is 12.8 Å². The number of benzene rings is 1. The minimum atomic E-state index is -0.317. The van der Waals surface area contributed by atoms with Gasteiger partial charge in [0.1, 0.15) is 23.2 Å². The normalized spacial score (nSPS) is 15.1. The Morgan fingerprint density at radius 2 is 2.20 bits per heavy atom. The molecule has 2 heterocycles. The number of rotatable bonds is 2. The molecule has 25 heavy (non-hydrogen) atoms. The number of fused-ring (bicyclic) bond motifs is 1. The quantitative estimate of drug-likeness (QED) is 0.640. The molecule has 0 spiro atoms. The molecule has 0 radical (unpaired) electrons. The Hall–Kier alpha value is -2.71. The maximum Gasteiger partial charge on any atom is 0.258 e. The van der Waals surface area contributed by atoms with E-state index in [2.05, 4.69) is 27.5 Å². The summed E-state index contributed by atoms with van der Waals surface area (Å²) in [5, 5.41) is 6.20. The lowest BCUT2D eigenvalue weighted by Crippen LogP contribution is -2.18. The second-order valence-corrected chi connectivity index (χ2v) is 6.38. The van der Waals surface area contributed by atoms with Crippen LogP contribution in [0.4, 0.5) is 11.4 Å². The third-order valence-corrected chi connectivity index (χ3v) is 4.28. The lowest BCUT2D eigenvalue weighted by molar-refractivity contribution is 0.102. The summed E-state index contributed by atoms with van der Waals surface area (Å²) in [6, 6.07) is 8.85. The standard InChI is InChI=1S/C19H16ClN3O2/c20-18-15(7-5-13(22-18)4-3-12-1-2-12)19(24)23-14-6-8-16-17(11-14)25-10-9-21-16/h5-8,11-12,21H,1-2,9-10H2,(H,23,24). The Labute approximate surface area is 150 Å². The molecule has 4 rings (SSSR count). The summed E-state index contributed by atoms with van der Waals surface area (Å²) in [4.78, 5) is 16.7. The molecule has 1 saturated carbocycles. The van der Waals surface area contributed by atoms with Gasteiger partial charge in [0.2, 0.25) is 0 Å². The Kier molecular flexibility index (Phi) is 4.21. The molecule has 2 aromatic rings. The molecular weight excluding hydrogens is 338 g/mol. The SMILES string of the molecule is O=C(Nc1ccc2c(c1)OCCN2)c1ccc(C#CC2CC2)nc1Cl. The molecule has 2 aliphatic rings. The number of hydrogen-bond acceptors (Lipinski definition) is 4. The number of halogens is 1. The number of nitrogens with zero attached hydrogens (tertiary/aromatic N) is 1. The summed E-state index contributed by atoms with van der Waals surface area (Å²) >= 11 is 6.16. The maximum atomic E-state index is 12.5. The van der Waals surface area contributed by atoms with E-state index in [4.69, 9.17) is 16.3 Å². The van der Waals surface area contributed by atoms with Crippen molar-refractivity contribution in [2.24, 2.45) is 5.92 Å². The van der Waals surface area contributed by atoms with Crippen molar-refractivity contribution in [3.05, 3.63) is 46.7 Å². The topological polar surface area (TPSA) is 63.2 Å². The van der Waals surface area contributed by atoms with Gasteiger partial charge in [-0.2, -0.15) is 0 Å². The fraction of sp³-hybridized carbons (Fsp3) is 0.263. The fourth-order valence-electron chi connectivity index (χ4n) is 2.49. The number of ether oxygens (including phenoxy) is 1. The van der Waals surface area contributed by atoms with Gasteiger partial charge in [0.05, 0.1) is 11.3 Å². The first kappa shape index (κ1) is 15.8. The van der Waals surface area contributed by atoms with Crippen LogP contribution in [0.2, 0.25) is 5.15 Å². The van der Waals surface area contributed by atoms with Crippen molar-refractivity contribution in [1.29, 1.82) is 0 Å². The lowest BCUT2D eigenvalue weighted by Gasteiger charge is -2.19. The zero-order valence-corrected chi connectivity index (χ0v) is 14.2. The van der Waals surface area contributed by atoms with Gasteiger partial charge in [-0.05, 0) is 43.0 Å². The highest BCUT2D eigenvalue weighted by Crippen LogP contribution is 2.30. The third-order valence-electron chi connectivity index (χ3n) is 3.99. The van der Waals surface area contributed by atoms with Gasteiger partial charge in [-0.3, -0.25) is 4.79 Å². The summed E-state index contributed by atoms with van der Waals surface area (Å²) < 4.78 is 5.57. The Balaban J connectivity index is 1.50. The van der Waals surface area contributed by atoms with Gasteiger partial charge in [0, 0.05) is 24.2 Å². The van der Waals surface area contributed by atoms with Crippen molar-refractivity contribution >= 4 is 28.9 Å². The van der Waals surface area contributed by atoms with E-state index in [1.54, 1.807) is 18.2 Å². The Morgan fingerprint density at radius 1 is 1.32 bits per heavy atom. The van der Waals surface area contributed by atoms with Gasteiger partial charge in [-0.1, -0.05) is 17.5 Å². The predicted molar refractivity (Wildman–Crippen MR) is 97.2 cm³/mol. The summed E-state index contributed by atoms with van der Waals surface area (Å²) in [5.41, 5.74) is 2.46. The summed E-state index contributed by atoms with van der Waals surface area (Å²) in [6.45, 7) is 1.37. The molecule has 2 N–H and O–H groups in total. The monoisotopic (exact) mass is 353 g/mol. The summed E-state index contributed by atoms with van der Waals surface area (Å²) in [6.07, 6.45) is 2.31. The molecule has 1 fully saturated rings. The van der Waals surface area contributed by atoms with E-state index in [0.717, 1.165) is 30.8 Å². The Morgan fingerprint density at radius 3 is 3.00 bits per heavy atom. The molecule has 126 valence electrons. The van der Waals surface area contributed by atoms with E-state index in [1.807, 2.05) is 12.1 Å². The smallest absolute Gasteiger partial charge is 0.258 e. The number of anilines is 2. The summed E-state index contributed by atoms with van der Waals surface area (Å²) in [5.74, 6) is 7.02. The van der Waals surface area contributed by atoms with Crippen LogP contribution in [0, 0.1) is 17.8 Å². The van der Waals surface area contributed by atoms with Crippen LogP contribution < -0.4 is 15.4 Å². The van der Waals surface area contributed by atoms with Gasteiger partial charge in [0.25, 0.3) is 5.91 Å².